The summed E-state index contributed by atoms with van der Waals surface area (Å²) in [4.78, 5) is 0. The molecule has 0 bridgehead atoms. The van der Waals surface area contributed by atoms with Crippen LogP contribution in [0.3, 0.4) is 0 Å². The van der Waals surface area contributed by atoms with Gasteiger partial charge < -0.3 is 0 Å². The van der Waals surface area contributed by atoms with Crippen molar-refractivity contribution in [2.75, 3.05) is 0 Å². The minimum Gasteiger partial charge on any atom is -0.118 e. The van der Waals surface area contributed by atoms with Gasteiger partial charge in [0, 0.05) is 0 Å². The van der Waals surface area contributed by atoms with Crippen molar-refractivity contribution in [1.29, 1.82) is 0 Å². The molecule has 12 heavy (non-hydrogen) atoms. The molecular weight excluding hydrogens is 168 g/mol. The molecule has 0 aromatic carbocycles. The first-order chi connectivity index (χ1) is 5.41. The Morgan fingerprint density at radius 1 is 1.33 bits per heavy atom. The molecule has 0 saturated heterocycles. The van der Waals surface area contributed by atoms with Crippen LogP contribution in [0.4, 0.5) is 0 Å². The fourth-order valence-electron chi connectivity index (χ4n) is 1.84. The van der Waals surface area contributed by atoms with Gasteiger partial charge in [-0.3, -0.25) is 0 Å². The van der Waals surface area contributed by atoms with E-state index < -0.39 is 0 Å². The Morgan fingerprint density at radius 2 is 1.92 bits per heavy atom. The standard InChI is InChI=1S/C11H19Cl/c1-8-7-9(11(2,3)4)5-6-10(8)12/h9-10H,1,5-7H2,2-4H3. The van der Waals surface area contributed by atoms with Crippen LogP contribution >= 0.6 is 11.6 Å². The van der Waals surface area contributed by atoms with Crippen molar-refractivity contribution in [1.82, 2.24) is 0 Å². The summed E-state index contributed by atoms with van der Waals surface area (Å²) in [5, 5.41) is 0.239. The molecule has 1 saturated carbocycles. The number of halogens is 1. The van der Waals surface area contributed by atoms with E-state index in [2.05, 4.69) is 27.4 Å². The second-order valence-corrected chi connectivity index (χ2v) is 5.50. The molecule has 0 spiro atoms. The van der Waals surface area contributed by atoms with Gasteiger partial charge in [-0.1, -0.05) is 32.9 Å². The van der Waals surface area contributed by atoms with Gasteiger partial charge in [-0.25, -0.2) is 0 Å². The summed E-state index contributed by atoms with van der Waals surface area (Å²) in [5.74, 6) is 0.778. The highest BCUT2D eigenvalue weighted by Crippen LogP contribution is 2.40. The van der Waals surface area contributed by atoms with Crippen LogP contribution in [0.1, 0.15) is 40.0 Å². The summed E-state index contributed by atoms with van der Waals surface area (Å²) in [7, 11) is 0. The largest absolute Gasteiger partial charge is 0.118 e. The van der Waals surface area contributed by atoms with Crippen LogP contribution in [0.2, 0.25) is 0 Å². The third kappa shape index (κ3) is 2.26. The van der Waals surface area contributed by atoms with Crippen LogP contribution in [-0.4, -0.2) is 5.38 Å². The van der Waals surface area contributed by atoms with Crippen molar-refractivity contribution < 1.29 is 0 Å². The normalized spacial score (nSPS) is 32.2. The monoisotopic (exact) mass is 186 g/mol. The third-order valence-corrected chi connectivity index (χ3v) is 3.47. The maximum Gasteiger partial charge on any atom is 0.0542 e. The molecule has 0 amide bonds. The lowest BCUT2D eigenvalue weighted by Gasteiger charge is -2.36. The minimum absolute atomic E-state index is 0.239. The maximum absolute atomic E-state index is 6.08. The molecule has 0 heterocycles. The molecule has 1 aliphatic carbocycles. The first kappa shape index (κ1) is 10.1. The number of rotatable bonds is 0. The van der Waals surface area contributed by atoms with Crippen LogP contribution in [0.5, 0.6) is 0 Å². The van der Waals surface area contributed by atoms with Crippen LogP contribution in [-0.2, 0) is 0 Å². The summed E-state index contributed by atoms with van der Waals surface area (Å²) < 4.78 is 0. The Kier molecular flexibility index (Phi) is 2.88. The van der Waals surface area contributed by atoms with Gasteiger partial charge in [-0.15, -0.1) is 11.6 Å². The fourth-order valence-corrected chi connectivity index (χ4v) is 2.05. The van der Waals surface area contributed by atoms with Crippen LogP contribution in [0, 0.1) is 11.3 Å². The number of alkyl halides is 1. The molecular formula is C11H19Cl. The van der Waals surface area contributed by atoms with Gasteiger partial charge in [0.25, 0.3) is 0 Å². The molecule has 70 valence electrons. The SMILES string of the molecule is C=C1CC(C(C)(C)C)CCC1Cl. The van der Waals surface area contributed by atoms with Crippen molar-refractivity contribution in [3.8, 4) is 0 Å². The highest BCUT2D eigenvalue weighted by atomic mass is 35.5. The summed E-state index contributed by atoms with van der Waals surface area (Å²) >= 11 is 6.08. The van der Waals surface area contributed by atoms with Crippen molar-refractivity contribution >= 4 is 11.6 Å². The molecule has 1 aliphatic rings. The van der Waals surface area contributed by atoms with E-state index in [0.717, 1.165) is 18.8 Å². The molecule has 0 radical (unpaired) electrons. The number of hydrogen-bond donors (Lipinski definition) is 0. The molecule has 1 rings (SSSR count). The lowest BCUT2D eigenvalue weighted by atomic mass is 9.71. The Morgan fingerprint density at radius 3 is 2.33 bits per heavy atom. The van der Waals surface area contributed by atoms with E-state index in [0.29, 0.717) is 5.41 Å². The molecule has 0 aromatic rings. The highest BCUT2D eigenvalue weighted by Gasteiger charge is 2.30. The molecule has 0 aliphatic heterocycles. The van der Waals surface area contributed by atoms with E-state index in [1.165, 1.54) is 12.0 Å². The summed E-state index contributed by atoms with van der Waals surface area (Å²) in [6.45, 7) is 10.9. The van der Waals surface area contributed by atoms with Crippen LogP contribution < -0.4 is 0 Å². The second-order valence-electron chi connectivity index (χ2n) is 4.97. The van der Waals surface area contributed by atoms with E-state index in [4.69, 9.17) is 11.6 Å². The van der Waals surface area contributed by atoms with E-state index >= 15 is 0 Å². The van der Waals surface area contributed by atoms with Gasteiger partial charge in [0.1, 0.15) is 0 Å². The van der Waals surface area contributed by atoms with E-state index in [1.807, 2.05) is 0 Å². The van der Waals surface area contributed by atoms with Gasteiger partial charge >= 0.3 is 0 Å². The van der Waals surface area contributed by atoms with E-state index in [1.54, 1.807) is 0 Å². The maximum atomic E-state index is 6.08. The second kappa shape index (κ2) is 3.41. The van der Waals surface area contributed by atoms with Crippen LogP contribution in [0.25, 0.3) is 0 Å². The van der Waals surface area contributed by atoms with Crippen molar-refractivity contribution in [3.63, 3.8) is 0 Å². The lowest BCUT2D eigenvalue weighted by molar-refractivity contribution is 0.205. The quantitative estimate of drug-likeness (QED) is 0.396. The Bertz CT molecular complexity index is 176. The van der Waals surface area contributed by atoms with Gasteiger partial charge in [0.05, 0.1) is 5.38 Å². The summed E-state index contributed by atoms with van der Waals surface area (Å²) in [6, 6.07) is 0. The first-order valence-electron chi connectivity index (χ1n) is 4.73. The minimum atomic E-state index is 0.239. The van der Waals surface area contributed by atoms with E-state index in [9.17, 15) is 0 Å². The highest BCUT2D eigenvalue weighted by molar-refractivity contribution is 6.22. The Balaban J connectivity index is 2.57. The number of allylic oxidation sites excluding steroid dienone is 1. The molecule has 1 heteroatoms. The zero-order chi connectivity index (χ0) is 9.35. The molecule has 0 aromatic heterocycles. The molecule has 0 nitrogen and oxygen atoms in total. The zero-order valence-electron chi connectivity index (χ0n) is 8.36. The third-order valence-electron chi connectivity index (χ3n) is 2.94. The van der Waals surface area contributed by atoms with Gasteiger partial charge in [-0.2, -0.15) is 0 Å². The van der Waals surface area contributed by atoms with E-state index in [-0.39, 0.29) is 5.38 Å². The van der Waals surface area contributed by atoms with Gasteiger partial charge in [-0.05, 0) is 30.6 Å². The van der Waals surface area contributed by atoms with Crippen molar-refractivity contribution in [2.24, 2.45) is 11.3 Å². The lowest BCUT2D eigenvalue weighted by Crippen LogP contribution is -2.27. The van der Waals surface area contributed by atoms with Gasteiger partial charge in [0.2, 0.25) is 0 Å². The predicted octanol–water partition coefficient (Wildman–Crippen LogP) is 4.00. The Hall–Kier alpha value is 0.0300. The Labute approximate surface area is 81.0 Å². The van der Waals surface area contributed by atoms with Crippen molar-refractivity contribution in [3.05, 3.63) is 12.2 Å². The summed E-state index contributed by atoms with van der Waals surface area (Å²) in [5.41, 5.74) is 1.66. The average molecular weight is 187 g/mol. The van der Waals surface area contributed by atoms with Crippen molar-refractivity contribution in [2.45, 2.75) is 45.4 Å². The predicted molar refractivity (Wildman–Crippen MR) is 55.6 cm³/mol. The fraction of sp³-hybridized carbons (Fsp3) is 0.818. The zero-order valence-corrected chi connectivity index (χ0v) is 9.12. The molecule has 0 N–H and O–H groups in total. The smallest absolute Gasteiger partial charge is 0.0542 e. The van der Waals surface area contributed by atoms with Gasteiger partial charge in [0.15, 0.2) is 0 Å². The van der Waals surface area contributed by atoms with Crippen LogP contribution in [0.15, 0.2) is 12.2 Å². The summed E-state index contributed by atoms with van der Waals surface area (Å²) in [6.07, 6.45) is 3.50. The number of hydrogen-bond acceptors (Lipinski definition) is 0. The first-order valence-corrected chi connectivity index (χ1v) is 5.16. The molecule has 1 fully saturated rings. The molecule has 2 atom stereocenters. The average Bonchev–Trinajstić information content (AvgIpc) is 1.92. The topological polar surface area (TPSA) is 0 Å². The molecule has 2 unspecified atom stereocenters.